The SMILES string of the molecule is COC(=O)c1cnc2c(c1)C[N+](C(=O)O)(C(C)(C)C)C2. The van der Waals surface area contributed by atoms with Crippen LogP contribution in [-0.4, -0.2) is 39.3 Å². The summed E-state index contributed by atoms with van der Waals surface area (Å²) in [6.07, 6.45) is 0.560. The minimum Gasteiger partial charge on any atom is -0.465 e. The van der Waals surface area contributed by atoms with Gasteiger partial charge in [-0.1, -0.05) is 0 Å². The van der Waals surface area contributed by atoms with Crippen molar-refractivity contribution in [2.75, 3.05) is 7.11 Å². The number of hydrogen-bond acceptors (Lipinski definition) is 4. The molecule has 20 heavy (non-hydrogen) atoms. The van der Waals surface area contributed by atoms with Crippen LogP contribution in [0.25, 0.3) is 0 Å². The zero-order valence-corrected chi connectivity index (χ0v) is 12.1. The molecule has 108 valence electrons. The number of quaternary nitrogens is 1. The van der Waals surface area contributed by atoms with Gasteiger partial charge in [-0.15, -0.1) is 0 Å². The van der Waals surface area contributed by atoms with Gasteiger partial charge in [0.2, 0.25) is 0 Å². The number of rotatable bonds is 1. The van der Waals surface area contributed by atoms with Gasteiger partial charge in [0.15, 0.2) is 0 Å². The Kier molecular flexibility index (Phi) is 3.29. The van der Waals surface area contributed by atoms with Crippen LogP contribution in [0.4, 0.5) is 4.79 Å². The Bertz CT molecular complexity index is 577. The van der Waals surface area contributed by atoms with E-state index < -0.39 is 17.6 Å². The molecule has 6 nitrogen and oxygen atoms in total. The lowest BCUT2D eigenvalue weighted by Crippen LogP contribution is -2.59. The van der Waals surface area contributed by atoms with Crippen LogP contribution in [0, 0.1) is 0 Å². The smallest absolute Gasteiger partial charge is 0.465 e. The molecular weight excluding hydrogens is 260 g/mol. The maximum atomic E-state index is 11.8. The molecule has 0 saturated heterocycles. The van der Waals surface area contributed by atoms with E-state index in [-0.39, 0.29) is 4.48 Å². The van der Waals surface area contributed by atoms with E-state index in [1.165, 1.54) is 13.3 Å². The van der Waals surface area contributed by atoms with Crippen LogP contribution in [0.2, 0.25) is 0 Å². The zero-order chi connectivity index (χ0) is 15.1. The maximum Gasteiger partial charge on any atom is 0.514 e. The molecular formula is C14H19N2O4+. The minimum absolute atomic E-state index is 0.111. The van der Waals surface area contributed by atoms with Crippen molar-refractivity contribution in [3.8, 4) is 0 Å². The van der Waals surface area contributed by atoms with Gasteiger partial charge in [0.05, 0.1) is 12.7 Å². The van der Waals surface area contributed by atoms with Gasteiger partial charge in [0.25, 0.3) is 0 Å². The molecule has 0 fully saturated rings. The van der Waals surface area contributed by atoms with Gasteiger partial charge in [-0.05, 0) is 26.8 Å². The number of aromatic nitrogens is 1. The van der Waals surface area contributed by atoms with Gasteiger partial charge in [-0.3, -0.25) is 4.98 Å². The van der Waals surface area contributed by atoms with Crippen LogP contribution >= 0.6 is 0 Å². The predicted octanol–water partition coefficient (Wildman–Crippen LogP) is 2.18. The molecule has 1 aromatic heterocycles. The second kappa shape index (κ2) is 4.56. The summed E-state index contributed by atoms with van der Waals surface area (Å²) in [7, 11) is 1.31. The van der Waals surface area contributed by atoms with Crippen molar-refractivity contribution >= 4 is 12.1 Å². The highest BCUT2D eigenvalue weighted by Gasteiger charge is 2.52. The molecule has 1 aliphatic rings. The summed E-state index contributed by atoms with van der Waals surface area (Å²) in [6.45, 7) is 6.35. The number of fused-ring (bicyclic) bond motifs is 1. The molecule has 2 heterocycles. The largest absolute Gasteiger partial charge is 0.514 e. The van der Waals surface area contributed by atoms with E-state index in [0.29, 0.717) is 18.7 Å². The molecule has 0 aliphatic carbocycles. The third-order valence-corrected chi connectivity index (χ3v) is 3.99. The number of carboxylic acid groups (broad SMARTS) is 1. The number of nitrogens with zero attached hydrogens (tertiary/aromatic N) is 2. The van der Waals surface area contributed by atoms with Crippen LogP contribution < -0.4 is 0 Å². The molecule has 2 rings (SSSR count). The van der Waals surface area contributed by atoms with Gasteiger partial charge in [0, 0.05) is 11.8 Å². The van der Waals surface area contributed by atoms with Crippen LogP contribution in [0.3, 0.4) is 0 Å². The summed E-state index contributed by atoms with van der Waals surface area (Å²) in [5, 5.41) is 9.65. The standard InChI is InChI=1S/C14H18N2O4/c1-14(2,3)16(13(18)19)7-10-5-9(12(17)20-4)6-15-11(10)8-16/h5-6H,7-8H2,1-4H3/p+1. The third-order valence-electron chi connectivity index (χ3n) is 3.99. The Morgan fingerprint density at radius 3 is 2.50 bits per heavy atom. The van der Waals surface area contributed by atoms with Crippen molar-refractivity contribution in [1.82, 2.24) is 4.98 Å². The molecule has 1 amide bonds. The van der Waals surface area contributed by atoms with E-state index >= 15 is 0 Å². The van der Waals surface area contributed by atoms with E-state index in [1.54, 1.807) is 6.07 Å². The predicted molar refractivity (Wildman–Crippen MR) is 71.0 cm³/mol. The van der Waals surface area contributed by atoms with Crippen LogP contribution in [-0.2, 0) is 17.8 Å². The van der Waals surface area contributed by atoms with E-state index in [4.69, 9.17) is 0 Å². The van der Waals surface area contributed by atoms with E-state index in [0.717, 1.165) is 11.3 Å². The van der Waals surface area contributed by atoms with Crippen molar-refractivity contribution in [2.45, 2.75) is 39.4 Å². The molecule has 0 saturated carbocycles. The first kappa shape index (κ1) is 14.5. The van der Waals surface area contributed by atoms with Crippen molar-refractivity contribution in [3.63, 3.8) is 0 Å². The second-order valence-corrected chi connectivity index (χ2v) is 6.06. The molecule has 1 unspecified atom stereocenters. The highest BCUT2D eigenvalue weighted by molar-refractivity contribution is 5.89. The van der Waals surface area contributed by atoms with Crippen molar-refractivity contribution in [1.29, 1.82) is 0 Å². The van der Waals surface area contributed by atoms with E-state index in [9.17, 15) is 14.7 Å². The fourth-order valence-corrected chi connectivity index (χ4v) is 2.55. The molecule has 6 heteroatoms. The second-order valence-electron chi connectivity index (χ2n) is 6.06. The average molecular weight is 279 g/mol. The summed E-state index contributed by atoms with van der Waals surface area (Å²) in [5.74, 6) is -0.462. The summed E-state index contributed by atoms with van der Waals surface area (Å²) in [5.41, 5.74) is 1.42. The number of methoxy groups -OCH3 is 1. The molecule has 0 spiro atoms. The quantitative estimate of drug-likeness (QED) is 0.630. The number of pyridine rings is 1. The first-order valence-corrected chi connectivity index (χ1v) is 6.38. The molecule has 0 aromatic carbocycles. The Morgan fingerprint density at radius 1 is 1.35 bits per heavy atom. The van der Waals surface area contributed by atoms with Crippen LogP contribution in [0.15, 0.2) is 12.3 Å². The number of hydrogen-bond donors (Lipinski definition) is 1. The number of amides is 1. The fourth-order valence-electron chi connectivity index (χ4n) is 2.55. The molecule has 0 bridgehead atoms. The first-order valence-electron chi connectivity index (χ1n) is 6.38. The molecule has 0 radical (unpaired) electrons. The summed E-state index contributed by atoms with van der Waals surface area (Å²) in [4.78, 5) is 27.5. The molecule has 1 aliphatic heterocycles. The molecule has 1 atom stereocenters. The Balaban J connectivity index is 2.44. The van der Waals surface area contributed by atoms with Crippen molar-refractivity contribution < 1.29 is 23.9 Å². The van der Waals surface area contributed by atoms with E-state index in [2.05, 4.69) is 9.72 Å². The molecule has 1 N–H and O–H groups in total. The maximum absolute atomic E-state index is 11.8. The normalized spacial score (nSPS) is 21.4. The summed E-state index contributed by atoms with van der Waals surface area (Å²) >= 11 is 0. The monoisotopic (exact) mass is 279 g/mol. The Morgan fingerprint density at radius 2 is 2.00 bits per heavy atom. The zero-order valence-electron chi connectivity index (χ0n) is 12.1. The minimum atomic E-state index is -0.880. The summed E-state index contributed by atoms with van der Waals surface area (Å²) < 4.78 is 4.55. The van der Waals surface area contributed by atoms with Gasteiger partial charge < -0.3 is 9.84 Å². The highest BCUT2D eigenvalue weighted by Crippen LogP contribution is 2.37. The highest BCUT2D eigenvalue weighted by atomic mass is 16.5. The van der Waals surface area contributed by atoms with E-state index in [1.807, 2.05) is 20.8 Å². The van der Waals surface area contributed by atoms with Crippen molar-refractivity contribution in [2.24, 2.45) is 0 Å². The third kappa shape index (κ3) is 2.06. The Hall–Kier alpha value is -1.95. The molecule has 1 aromatic rings. The number of ether oxygens (including phenoxy) is 1. The lowest BCUT2D eigenvalue weighted by atomic mass is 10.0. The van der Waals surface area contributed by atoms with Gasteiger partial charge in [-0.2, -0.15) is 4.79 Å². The number of carbonyl (C=O) groups is 2. The number of esters is 1. The van der Waals surface area contributed by atoms with Gasteiger partial charge >= 0.3 is 12.1 Å². The van der Waals surface area contributed by atoms with Gasteiger partial charge in [0.1, 0.15) is 24.3 Å². The first-order chi connectivity index (χ1) is 9.21. The van der Waals surface area contributed by atoms with Gasteiger partial charge in [-0.25, -0.2) is 9.28 Å². The topological polar surface area (TPSA) is 76.5 Å². The lowest BCUT2D eigenvalue weighted by Gasteiger charge is -2.39. The van der Waals surface area contributed by atoms with Crippen LogP contribution in [0.5, 0.6) is 0 Å². The lowest BCUT2D eigenvalue weighted by molar-refractivity contribution is -0.922. The fraction of sp³-hybridized carbons (Fsp3) is 0.500. The average Bonchev–Trinajstić information content (AvgIpc) is 2.76. The Labute approximate surface area is 117 Å². The summed E-state index contributed by atoms with van der Waals surface area (Å²) in [6, 6.07) is 1.68. The number of carbonyl (C=O) groups excluding carboxylic acids is 1. The van der Waals surface area contributed by atoms with Crippen molar-refractivity contribution in [3.05, 3.63) is 29.1 Å². The van der Waals surface area contributed by atoms with Crippen LogP contribution in [0.1, 0.15) is 42.4 Å².